The van der Waals surface area contributed by atoms with E-state index in [1.165, 1.54) is 20.4 Å². The second-order valence-corrected chi connectivity index (χ2v) is 17.9. The zero-order valence-electron chi connectivity index (χ0n) is 37.3. The SMILES string of the molecule is COc1cc(C(=O)N2CCN(CCCCN3CCN(c4ccc5c(c4)C(=O)N(C4CCC(=O)NC4=O)C5=O)CC3)CC2)ccc1Nc1ncc2c(n1)N(C1CCCC1)CC(F)(F)C(=O)N2C. The number of anilines is 5. The van der Waals surface area contributed by atoms with Gasteiger partial charge >= 0.3 is 5.92 Å². The number of piperazine rings is 2. The van der Waals surface area contributed by atoms with Crippen LogP contribution < -0.4 is 30.1 Å². The molecule has 20 heteroatoms. The second kappa shape index (κ2) is 18.5. The number of piperidine rings is 1. The van der Waals surface area contributed by atoms with Gasteiger partial charge in [-0.1, -0.05) is 12.8 Å². The van der Waals surface area contributed by atoms with Gasteiger partial charge in [0, 0.05) is 83.1 Å². The van der Waals surface area contributed by atoms with E-state index in [2.05, 4.69) is 35.3 Å². The van der Waals surface area contributed by atoms with Crippen molar-refractivity contribution in [1.82, 2.24) is 34.9 Å². The van der Waals surface area contributed by atoms with Gasteiger partial charge in [0.25, 0.3) is 23.6 Å². The maximum Gasteiger partial charge on any atom is 0.342 e. The molecule has 350 valence electrons. The zero-order valence-corrected chi connectivity index (χ0v) is 37.3. The van der Waals surface area contributed by atoms with Crippen LogP contribution in [0, 0.1) is 0 Å². The van der Waals surface area contributed by atoms with Crippen molar-refractivity contribution in [3.8, 4) is 5.75 Å². The number of amides is 6. The molecule has 2 N–H and O–H groups in total. The summed E-state index contributed by atoms with van der Waals surface area (Å²) >= 11 is 0. The molecule has 6 heterocycles. The Morgan fingerprint density at radius 1 is 0.864 bits per heavy atom. The normalized spacial score (nSPS) is 21.8. The van der Waals surface area contributed by atoms with E-state index >= 15 is 8.78 Å². The number of fused-ring (bicyclic) bond motifs is 2. The molecule has 6 aliphatic rings. The quantitative estimate of drug-likeness (QED) is 0.199. The van der Waals surface area contributed by atoms with Crippen molar-refractivity contribution in [2.75, 3.05) is 106 Å². The predicted octanol–water partition coefficient (Wildman–Crippen LogP) is 3.35. The highest BCUT2D eigenvalue weighted by atomic mass is 19.3. The minimum atomic E-state index is -3.58. The first-order chi connectivity index (χ1) is 31.8. The lowest BCUT2D eigenvalue weighted by atomic mass is 10.0. The predicted molar refractivity (Wildman–Crippen MR) is 240 cm³/mol. The average Bonchev–Trinajstić information content (AvgIpc) is 3.94. The Balaban J connectivity index is 0.721. The highest BCUT2D eigenvalue weighted by Crippen LogP contribution is 2.40. The summed E-state index contributed by atoms with van der Waals surface area (Å²) in [5, 5.41) is 5.37. The van der Waals surface area contributed by atoms with Crippen LogP contribution in [0.15, 0.2) is 42.6 Å². The lowest BCUT2D eigenvalue weighted by Crippen LogP contribution is -2.54. The van der Waals surface area contributed by atoms with Gasteiger partial charge in [0.1, 0.15) is 17.5 Å². The summed E-state index contributed by atoms with van der Waals surface area (Å²) in [6.45, 7) is 7.13. The highest BCUT2D eigenvalue weighted by molar-refractivity contribution is 6.23. The molecule has 0 radical (unpaired) electrons. The molecule has 1 aliphatic carbocycles. The Morgan fingerprint density at radius 2 is 1.55 bits per heavy atom. The number of halogens is 2. The molecular weight excluding hydrogens is 857 g/mol. The third kappa shape index (κ3) is 8.87. The summed E-state index contributed by atoms with van der Waals surface area (Å²) in [4.78, 5) is 98.2. The number of alkyl halides is 2. The molecule has 3 saturated heterocycles. The third-order valence-electron chi connectivity index (χ3n) is 13.8. The lowest BCUT2D eigenvalue weighted by molar-refractivity contribution is -0.140. The van der Waals surface area contributed by atoms with E-state index in [4.69, 9.17) is 4.74 Å². The fourth-order valence-corrected chi connectivity index (χ4v) is 10.1. The number of carbonyl (C=O) groups is 6. The van der Waals surface area contributed by atoms with Gasteiger partial charge in [-0.25, -0.2) is 4.98 Å². The van der Waals surface area contributed by atoms with Crippen LogP contribution in [0.4, 0.5) is 37.6 Å². The van der Waals surface area contributed by atoms with Crippen LogP contribution >= 0.6 is 0 Å². The number of benzene rings is 2. The Morgan fingerprint density at radius 3 is 2.23 bits per heavy atom. The van der Waals surface area contributed by atoms with E-state index in [0.29, 0.717) is 30.1 Å². The molecule has 4 fully saturated rings. The smallest absolute Gasteiger partial charge is 0.342 e. The fourth-order valence-electron chi connectivity index (χ4n) is 10.1. The number of ether oxygens (including phenoxy) is 1. The highest BCUT2D eigenvalue weighted by Gasteiger charge is 2.49. The Labute approximate surface area is 381 Å². The maximum absolute atomic E-state index is 15.1. The largest absolute Gasteiger partial charge is 0.495 e. The molecule has 1 atom stereocenters. The number of carbonyl (C=O) groups excluding carboxylic acids is 6. The zero-order chi connectivity index (χ0) is 46.3. The minimum absolute atomic E-state index is 0.0772. The summed E-state index contributed by atoms with van der Waals surface area (Å²) in [6.07, 6.45) is 6.94. The van der Waals surface area contributed by atoms with Crippen molar-refractivity contribution in [3.63, 3.8) is 0 Å². The van der Waals surface area contributed by atoms with E-state index in [9.17, 15) is 28.8 Å². The summed E-state index contributed by atoms with van der Waals surface area (Å²) in [6, 6.07) is 9.21. The van der Waals surface area contributed by atoms with Gasteiger partial charge in [0.05, 0.1) is 36.7 Å². The standard InChI is InChI=1S/C46H55F2N11O7/c1-53-36-27-49-45(52-39(36)58(30-7-3-4-8-30)28-46(47,48)44(53)65)50-34-12-9-29(25-37(34)66-2)41(62)57-23-19-55(20-24-57)16-6-5-15-54-17-21-56(22-18-54)31-10-11-32-33(26-31)43(64)59(42(32)63)35-13-14-38(60)51-40(35)61/h9-12,25-27,30,35H,3-8,13-24,28H2,1-2H3,(H,49,50,52)(H,51,60,61). The van der Waals surface area contributed by atoms with Crippen molar-refractivity contribution in [3.05, 3.63) is 59.3 Å². The molecule has 6 amide bonds. The van der Waals surface area contributed by atoms with Crippen LogP contribution in [-0.2, 0) is 14.4 Å². The van der Waals surface area contributed by atoms with E-state index in [-0.39, 0.29) is 53.4 Å². The van der Waals surface area contributed by atoms with Crippen LogP contribution in [0.1, 0.15) is 82.4 Å². The molecule has 5 aliphatic heterocycles. The number of rotatable bonds is 12. The summed E-state index contributed by atoms with van der Waals surface area (Å²) in [5.41, 5.74) is 2.60. The summed E-state index contributed by atoms with van der Waals surface area (Å²) in [7, 11) is 2.82. The molecule has 2 aromatic carbocycles. The van der Waals surface area contributed by atoms with Gasteiger partial charge in [-0.2, -0.15) is 13.8 Å². The van der Waals surface area contributed by atoms with Gasteiger partial charge in [-0.15, -0.1) is 0 Å². The topological polar surface area (TPSA) is 184 Å². The minimum Gasteiger partial charge on any atom is -0.495 e. The molecule has 66 heavy (non-hydrogen) atoms. The van der Waals surface area contributed by atoms with Crippen molar-refractivity contribution in [1.29, 1.82) is 0 Å². The summed E-state index contributed by atoms with van der Waals surface area (Å²) in [5.74, 6) is -6.20. The van der Waals surface area contributed by atoms with Crippen LogP contribution in [0.2, 0.25) is 0 Å². The number of methoxy groups -OCH3 is 1. The number of hydrogen-bond donors (Lipinski definition) is 2. The van der Waals surface area contributed by atoms with Crippen LogP contribution in [0.3, 0.4) is 0 Å². The van der Waals surface area contributed by atoms with E-state index in [1.54, 1.807) is 35.2 Å². The Kier molecular flexibility index (Phi) is 12.6. The number of nitrogens with zero attached hydrogens (tertiary/aromatic N) is 9. The molecule has 0 bridgehead atoms. The van der Waals surface area contributed by atoms with E-state index in [1.807, 2.05) is 11.0 Å². The van der Waals surface area contributed by atoms with Crippen LogP contribution in [0.25, 0.3) is 0 Å². The first-order valence-electron chi connectivity index (χ1n) is 22.9. The lowest BCUT2D eigenvalue weighted by Gasteiger charge is -2.37. The molecule has 3 aromatic rings. The second-order valence-electron chi connectivity index (χ2n) is 17.9. The number of nitrogens with one attached hydrogen (secondary N) is 2. The average molecular weight is 912 g/mol. The van der Waals surface area contributed by atoms with Crippen LogP contribution in [0.5, 0.6) is 5.75 Å². The molecule has 1 saturated carbocycles. The molecule has 18 nitrogen and oxygen atoms in total. The van der Waals surface area contributed by atoms with Crippen molar-refractivity contribution >= 4 is 64.3 Å². The van der Waals surface area contributed by atoms with E-state index in [0.717, 1.165) is 106 Å². The van der Waals surface area contributed by atoms with Crippen molar-refractivity contribution in [2.24, 2.45) is 0 Å². The summed E-state index contributed by atoms with van der Waals surface area (Å²) < 4.78 is 35.8. The maximum atomic E-state index is 15.1. The van der Waals surface area contributed by atoms with Crippen molar-refractivity contribution < 1.29 is 42.3 Å². The third-order valence-corrected chi connectivity index (χ3v) is 13.8. The number of imide groups is 2. The molecular formula is C46H55F2N11O7. The Hall–Kier alpha value is -6.28. The van der Waals surface area contributed by atoms with Gasteiger partial charge in [0.15, 0.2) is 5.82 Å². The number of unbranched alkanes of at least 4 members (excludes halogenated alkanes) is 1. The molecule has 1 aromatic heterocycles. The molecule has 0 spiro atoms. The molecule has 1 unspecified atom stereocenters. The monoisotopic (exact) mass is 911 g/mol. The van der Waals surface area contributed by atoms with E-state index < -0.39 is 48.0 Å². The first kappa shape index (κ1) is 44.9. The van der Waals surface area contributed by atoms with Gasteiger partial charge < -0.3 is 29.7 Å². The Bertz CT molecular complexity index is 2420. The van der Waals surface area contributed by atoms with Gasteiger partial charge in [-0.3, -0.25) is 48.8 Å². The first-order valence-corrected chi connectivity index (χ1v) is 22.9. The number of hydrogen-bond acceptors (Lipinski definition) is 14. The number of aromatic nitrogens is 2. The van der Waals surface area contributed by atoms with Crippen LogP contribution in [-0.4, -0.2) is 169 Å². The van der Waals surface area contributed by atoms with Crippen molar-refractivity contribution in [2.45, 2.75) is 69.4 Å². The molecule has 9 rings (SSSR count). The fraction of sp³-hybridized carbons (Fsp3) is 0.522. The van der Waals surface area contributed by atoms with Gasteiger partial charge in [0.2, 0.25) is 17.8 Å². The van der Waals surface area contributed by atoms with Gasteiger partial charge in [-0.05, 0) is 81.6 Å².